The molecule has 1 unspecified atom stereocenters. The SMILES string of the molecule is C[C@@H]1CNC[C@@](c2ccc(C#N)c3nccnc23)(N(C)C(=O)C2CCCN2)C1. The molecule has 7 nitrogen and oxygen atoms in total. The van der Waals surface area contributed by atoms with Crippen molar-refractivity contribution in [2.75, 3.05) is 26.7 Å². The quantitative estimate of drug-likeness (QED) is 0.841. The second-order valence-electron chi connectivity index (χ2n) is 8.04. The van der Waals surface area contributed by atoms with Gasteiger partial charge in [-0.25, -0.2) is 0 Å². The highest BCUT2D eigenvalue weighted by Crippen LogP contribution is 2.40. The minimum Gasteiger partial charge on any atom is -0.333 e. The molecule has 2 saturated heterocycles. The summed E-state index contributed by atoms with van der Waals surface area (Å²) in [6.45, 7) is 4.66. The summed E-state index contributed by atoms with van der Waals surface area (Å²) in [5.74, 6) is 0.526. The molecule has 2 aromatic rings. The van der Waals surface area contributed by atoms with Gasteiger partial charge in [0.15, 0.2) is 0 Å². The maximum atomic E-state index is 13.3. The van der Waals surface area contributed by atoms with E-state index in [1.807, 2.05) is 18.0 Å². The van der Waals surface area contributed by atoms with Crippen LogP contribution in [0.5, 0.6) is 0 Å². The lowest BCUT2D eigenvalue weighted by molar-refractivity contribution is -0.139. The number of carbonyl (C=O) groups excluding carboxylic acids is 1. The molecule has 0 aliphatic carbocycles. The van der Waals surface area contributed by atoms with Crippen LogP contribution in [0.4, 0.5) is 0 Å². The number of amides is 1. The summed E-state index contributed by atoms with van der Waals surface area (Å²) in [7, 11) is 1.91. The van der Waals surface area contributed by atoms with Crippen LogP contribution in [0.2, 0.25) is 0 Å². The van der Waals surface area contributed by atoms with E-state index in [9.17, 15) is 10.1 Å². The summed E-state index contributed by atoms with van der Waals surface area (Å²) in [5, 5.41) is 16.3. The molecule has 2 N–H and O–H groups in total. The predicted molar refractivity (Wildman–Crippen MR) is 106 cm³/mol. The number of nitriles is 1. The Bertz CT molecular complexity index is 932. The van der Waals surface area contributed by atoms with Crippen LogP contribution in [0.25, 0.3) is 11.0 Å². The van der Waals surface area contributed by atoms with Crippen molar-refractivity contribution in [2.24, 2.45) is 5.92 Å². The first kappa shape index (κ1) is 18.8. The third-order valence-electron chi connectivity index (χ3n) is 6.17. The first-order valence-corrected chi connectivity index (χ1v) is 9.93. The highest BCUT2D eigenvalue weighted by atomic mass is 16.2. The number of hydrogen-bond acceptors (Lipinski definition) is 6. The number of nitrogens with zero attached hydrogens (tertiary/aromatic N) is 4. The van der Waals surface area contributed by atoms with Gasteiger partial charge < -0.3 is 15.5 Å². The van der Waals surface area contributed by atoms with E-state index >= 15 is 0 Å². The fourth-order valence-electron chi connectivity index (χ4n) is 4.75. The van der Waals surface area contributed by atoms with Gasteiger partial charge in [0.1, 0.15) is 11.6 Å². The highest BCUT2D eigenvalue weighted by molar-refractivity contribution is 5.87. The molecule has 0 saturated carbocycles. The summed E-state index contributed by atoms with van der Waals surface area (Å²) in [6, 6.07) is 5.84. The monoisotopic (exact) mass is 378 g/mol. The number of nitrogens with one attached hydrogen (secondary N) is 2. The lowest BCUT2D eigenvalue weighted by atomic mass is 9.76. The van der Waals surface area contributed by atoms with Crippen LogP contribution in [0.3, 0.4) is 0 Å². The Kier molecular flexibility index (Phi) is 5.00. The van der Waals surface area contributed by atoms with Crippen LogP contribution < -0.4 is 10.6 Å². The molecule has 146 valence electrons. The first-order chi connectivity index (χ1) is 13.6. The molecule has 1 amide bonds. The Labute approximate surface area is 165 Å². The Morgan fingerprint density at radius 1 is 1.32 bits per heavy atom. The Morgan fingerprint density at radius 3 is 2.79 bits per heavy atom. The second kappa shape index (κ2) is 7.46. The smallest absolute Gasteiger partial charge is 0.240 e. The third kappa shape index (κ3) is 3.03. The van der Waals surface area contributed by atoms with Gasteiger partial charge in [-0.1, -0.05) is 13.0 Å². The van der Waals surface area contributed by atoms with E-state index < -0.39 is 5.54 Å². The van der Waals surface area contributed by atoms with Crippen molar-refractivity contribution in [3.05, 3.63) is 35.7 Å². The van der Waals surface area contributed by atoms with Crippen LogP contribution in [-0.2, 0) is 10.3 Å². The summed E-state index contributed by atoms with van der Waals surface area (Å²) in [6.07, 6.45) is 6.00. The van der Waals surface area contributed by atoms with Crippen molar-refractivity contribution in [3.63, 3.8) is 0 Å². The maximum Gasteiger partial charge on any atom is 0.240 e. The van der Waals surface area contributed by atoms with Gasteiger partial charge in [0.05, 0.1) is 22.7 Å². The molecule has 2 aliphatic heterocycles. The topological polar surface area (TPSA) is 93.9 Å². The molecule has 0 radical (unpaired) electrons. The van der Waals surface area contributed by atoms with Gasteiger partial charge in [0, 0.05) is 31.5 Å². The average Bonchev–Trinajstić information content (AvgIpc) is 3.26. The molecule has 2 aliphatic rings. The molecule has 0 bridgehead atoms. The fourth-order valence-corrected chi connectivity index (χ4v) is 4.75. The van der Waals surface area contributed by atoms with Crippen molar-refractivity contribution >= 4 is 16.9 Å². The van der Waals surface area contributed by atoms with Crippen LogP contribution in [0.15, 0.2) is 24.5 Å². The lowest BCUT2D eigenvalue weighted by Crippen LogP contribution is -2.60. The number of fused-ring (bicyclic) bond motifs is 1. The number of rotatable bonds is 3. The van der Waals surface area contributed by atoms with Crippen molar-refractivity contribution in [2.45, 2.75) is 37.8 Å². The molecule has 1 aromatic carbocycles. The van der Waals surface area contributed by atoms with Gasteiger partial charge in [0.2, 0.25) is 5.91 Å². The van der Waals surface area contributed by atoms with E-state index in [1.54, 1.807) is 18.5 Å². The van der Waals surface area contributed by atoms with Crippen LogP contribution in [-0.4, -0.2) is 53.5 Å². The largest absolute Gasteiger partial charge is 0.333 e. The third-order valence-corrected chi connectivity index (χ3v) is 6.17. The zero-order valence-electron chi connectivity index (χ0n) is 16.4. The number of likely N-dealkylation sites (N-methyl/N-ethyl adjacent to an activating group) is 1. The van der Waals surface area contributed by atoms with Crippen LogP contribution in [0.1, 0.15) is 37.3 Å². The molecule has 4 rings (SSSR count). The van der Waals surface area contributed by atoms with Gasteiger partial charge in [-0.2, -0.15) is 5.26 Å². The number of aromatic nitrogens is 2. The van der Waals surface area contributed by atoms with Gasteiger partial charge in [0.25, 0.3) is 0 Å². The molecule has 3 atom stereocenters. The van der Waals surface area contributed by atoms with Gasteiger partial charge in [-0.15, -0.1) is 0 Å². The zero-order chi connectivity index (χ0) is 19.7. The van der Waals surface area contributed by atoms with E-state index in [0.29, 0.717) is 29.1 Å². The van der Waals surface area contributed by atoms with Gasteiger partial charge in [-0.05, 0) is 44.3 Å². The van der Waals surface area contributed by atoms with Gasteiger partial charge in [-0.3, -0.25) is 14.8 Å². The summed E-state index contributed by atoms with van der Waals surface area (Å²) < 4.78 is 0. The van der Waals surface area contributed by atoms with E-state index in [1.165, 1.54) is 0 Å². The minimum atomic E-state index is -0.526. The van der Waals surface area contributed by atoms with E-state index in [0.717, 1.165) is 37.9 Å². The van der Waals surface area contributed by atoms with Crippen molar-refractivity contribution in [1.82, 2.24) is 25.5 Å². The molecular formula is C21H26N6O. The fraction of sp³-hybridized carbons (Fsp3) is 0.524. The maximum absolute atomic E-state index is 13.3. The molecule has 1 aromatic heterocycles. The van der Waals surface area contributed by atoms with Gasteiger partial charge >= 0.3 is 0 Å². The van der Waals surface area contributed by atoms with Crippen LogP contribution in [0, 0.1) is 17.2 Å². The van der Waals surface area contributed by atoms with E-state index in [-0.39, 0.29) is 11.9 Å². The number of hydrogen-bond donors (Lipinski definition) is 2. The predicted octanol–water partition coefficient (Wildman–Crippen LogP) is 1.54. The molecule has 2 fully saturated rings. The normalized spacial score (nSPS) is 27.5. The Morgan fingerprint density at radius 2 is 2.11 bits per heavy atom. The second-order valence-corrected chi connectivity index (χ2v) is 8.04. The van der Waals surface area contributed by atoms with Crippen molar-refractivity contribution in [1.29, 1.82) is 5.26 Å². The molecule has 7 heteroatoms. The Hall–Kier alpha value is -2.56. The number of piperidine rings is 1. The van der Waals surface area contributed by atoms with E-state index in [4.69, 9.17) is 0 Å². The Balaban J connectivity index is 1.87. The zero-order valence-corrected chi connectivity index (χ0v) is 16.4. The van der Waals surface area contributed by atoms with Crippen LogP contribution >= 0.6 is 0 Å². The van der Waals surface area contributed by atoms with Crippen molar-refractivity contribution < 1.29 is 4.79 Å². The minimum absolute atomic E-state index is 0.120. The van der Waals surface area contributed by atoms with Crippen molar-refractivity contribution in [3.8, 4) is 6.07 Å². The highest BCUT2D eigenvalue weighted by Gasteiger charge is 2.45. The summed E-state index contributed by atoms with van der Waals surface area (Å²) >= 11 is 0. The summed E-state index contributed by atoms with van der Waals surface area (Å²) in [5.41, 5.74) is 2.24. The standard InChI is InChI=1S/C21H26N6O/c1-14-10-21(13-23-12-14,27(2)20(28)17-4-3-7-24-17)16-6-5-15(11-22)18-19(16)26-9-8-25-18/h5-6,8-9,14,17,23-24H,3-4,7,10,12-13H2,1-2H3/t14-,17?,21-/m0/s1. The first-order valence-electron chi connectivity index (χ1n) is 9.93. The number of carbonyl (C=O) groups is 1. The molecule has 0 spiro atoms. The molecule has 3 heterocycles. The molecular weight excluding hydrogens is 352 g/mol. The number of benzene rings is 1. The summed E-state index contributed by atoms with van der Waals surface area (Å²) in [4.78, 5) is 24.2. The lowest BCUT2D eigenvalue weighted by Gasteiger charge is -2.48. The molecule has 28 heavy (non-hydrogen) atoms. The van der Waals surface area contributed by atoms with E-state index in [2.05, 4.69) is 33.6 Å². The average molecular weight is 378 g/mol.